The smallest absolute Gasteiger partial charge is 0.106 e. The van der Waals surface area contributed by atoms with Gasteiger partial charge in [-0.1, -0.05) is 27.7 Å². The van der Waals surface area contributed by atoms with Gasteiger partial charge in [0.2, 0.25) is 0 Å². The maximum absolute atomic E-state index is 9.37. The normalized spacial score (nSPS) is 36.4. The number of nitrogens with one attached hydrogen (secondary N) is 1. The van der Waals surface area contributed by atoms with E-state index in [1.54, 1.807) is 0 Å². The highest BCUT2D eigenvalue weighted by Crippen LogP contribution is 2.66. The minimum absolute atomic E-state index is 0.317. The van der Waals surface area contributed by atoms with Crippen molar-refractivity contribution in [3.05, 3.63) is 0 Å². The van der Waals surface area contributed by atoms with Crippen molar-refractivity contribution in [1.29, 1.82) is 5.26 Å². The van der Waals surface area contributed by atoms with E-state index in [1.165, 1.54) is 19.3 Å². The topological polar surface area (TPSA) is 45.0 Å². The molecule has 0 saturated heterocycles. The van der Waals surface area contributed by atoms with Crippen LogP contribution in [0.25, 0.3) is 0 Å². The summed E-state index contributed by atoms with van der Waals surface area (Å²) in [4.78, 5) is 0. The third-order valence-electron chi connectivity index (χ3n) is 6.65. The molecule has 0 spiro atoms. The van der Waals surface area contributed by atoms with Crippen LogP contribution in [0.4, 0.5) is 0 Å². The van der Waals surface area contributed by atoms with E-state index >= 15 is 0 Å². The molecule has 2 rings (SSSR count). The molecule has 0 aromatic rings. The summed E-state index contributed by atoms with van der Waals surface area (Å²) in [6, 6.07) is 2.41. The molecule has 0 radical (unpaired) electrons. The van der Waals surface area contributed by atoms with E-state index in [1.807, 2.05) is 6.92 Å². The Labute approximate surface area is 130 Å². The van der Waals surface area contributed by atoms with Crippen molar-refractivity contribution in [3.8, 4) is 6.07 Å². The van der Waals surface area contributed by atoms with Crippen LogP contribution in [0.3, 0.4) is 0 Å². The summed E-state index contributed by atoms with van der Waals surface area (Å²) in [7, 11) is 0. The van der Waals surface area contributed by atoms with Gasteiger partial charge < -0.3 is 4.74 Å². The second kappa shape index (κ2) is 5.89. The summed E-state index contributed by atoms with van der Waals surface area (Å²) >= 11 is 0. The van der Waals surface area contributed by atoms with Crippen LogP contribution < -0.4 is 5.32 Å². The molecular formula is C18H32N2O. The minimum Gasteiger partial charge on any atom is -0.378 e. The summed E-state index contributed by atoms with van der Waals surface area (Å²) in [5.41, 5.74) is 0.262. The Kier molecular flexibility index (Phi) is 4.71. The molecular weight excluding hydrogens is 260 g/mol. The number of nitriles is 1. The van der Waals surface area contributed by atoms with Gasteiger partial charge in [0, 0.05) is 13.0 Å². The van der Waals surface area contributed by atoms with E-state index in [0.717, 1.165) is 25.3 Å². The highest BCUT2D eigenvalue weighted by atomic mass is 16.5. The fraction of sp³-hybridized carbons (Fsp3) is 0.944. The van der Waals surface area contributed by atoms with Crippen molar-refractivity contribution < 1.29 is 4.74 Å². The zero-order valence-corrected chi connectivity index (χ0v) is 14.5. The average molecular weight is 292 g/mol. The highest BCUT2D eigenvalue weighted by molar-refractivity contribution is 5.11. The standard InChI is InChI=1S/C18H32N2O/c1-6-10-20-17(4,13-19)9-11-21-15-12-14-7-8-18(15,5)16(14,2)3/h14-15,20H,6-12H2,1-5H3. The molecule has 0 aromatic heterocycles. The third kappa shape index (κ3) is 2.85. The van der Waals surface area contributed by atoms with Gasteiger partial charge in [0.05, 0.1) is 12.2 Å². The molecule has 2 saturated carbocycles. The quantitative estimate of drug-likeness (QED) is 0.774. The predicted molar refractivity (Wildman–Crippen MR) is 85.9 cm³/mol. The molecule has 4 atom stereocenters. The fourth-order valence-electron chi connectivity index (χ4n) is 4.37. The van der Waals surface area contributed by atoms with E-state index in [9.17, 15) is 5.26 Å². The predicted octanol–water partition coefficient (Wildman–Crippen LogP) is 3.89. The van der Waals surface area contributed by atoms with E-state index in [0.29, 0.717) is 23.5 Å². The van der Waals surface area contributed by atoms with Crippen LogP contribution >= 0.6 is 0 Å². The van der Waals surface area contributed by atoms with Crippen LogP contribution in [0.2, 0.25) is 0 Å². The molecule has 0 amide bonds. The van der Waals surface area contributed by atoms with Gasteiger partial charge in [-0.15, -0.1) is 0 Å². The first-order valence-electron chi connectivity index (χ1n) is 8.57. The number of rotatable bonds is 7. The van der Waals surface area contributed by atoms with Gasteiger partial charge in [-0.3, -0.25) is 5.32 Å². The molecule has 3 heteroatoms. The summed E-state index contributed by atoms with van der Waals surface area (Å²) < 4.78 is 6.26. The molecule has 120 valence electrons. The van der Waals surface area contributed by atoms with Gasteiger partial charge in [0.15, 0.2) is 0 Å². The van der Waals surface area contributed by atoms with Crippen molar-refractivity contribution in [3.63, 3.8) is 0 Å². The Morgan fingerprint density at radius 2 is 2.10 bits per heavy atom. The summed E-state index contributed by atoms with van der Waals surface area (Å²) in [5, 5.41) is 12.7. The molecule has 2 fully saturated rings. The molecule has 2 aliphatic rings. The van der Waals surface area contributed by atoms with E-state index in [2.05, 4.69) is 39.1 Å². The van der Waals surface area contributed by atoms with Gasteiger partial charge in [0.1, 0.15) is 5.54 Å². The van der Waals surface area contributed by atoms with Gasteiger partial charge in [-0.05, 0) is 55.9 Å². The second-order valence-electron chi connectivity index (χ2n) is 8.09. The fourth-order valence-corrected chi connectivity index (χ4v) is 4.37. The Bertz CT molecular complexity index is 414. The first kappa shape index (κ1) is 16.8. The molecule has 3 nitrogen and oxygen atoms in total. The lowest BCUT2D eigenvalue weighted by Gasteiger charge is -2.39. The van der Waals surface area contributed by atoms with Gasteiger partial charge in [0.25, 0.3) is 0 Å². The van der Waals surface area contributed by atoms with Crippen LogP contribution in [0.15, 0.2) is 0 Å². The van der Waals surface area contributed by atoms with Crippen LogP contribution in [0.5, 0.6) is 0 Å². The zero-order chi connectivity index (χ0) is 15.7. The first-order valence-corrected chi connectivity index (χ1v) is 8.57. The SMILES string of the molecule is CCCNC(C)(C#N)CCOC1CC2CCC1(C)C2(C)C. The molecule has 0 heterocycles. The lowest BCUT2D eigenvalue weighted by Crippen LogP contribution is -2.43. The third-order valence-corrected chi connectivity index (χ3v) is 6.65. The number of fused-ring (bicyclic) bond motifs is 2. The summed E-state index contributed by atoms with van der Waals surface area (Å²) in [5.74, 6) is 0.813. The maximum atomic E-state index is 9.37. The Morgan fingerprint density at radius 1 is 1.38 bits per heavy atom. The van der Waals surface area contributed by atoms with Crippen molar-refractivity contribution in [2.24, 2.45) is 16.7 Å². The van der Waals surface area contributed by atoms with Crippen molar-refractivity contribution in [2.45, 2.75) is 78.4 Å². The largest absolute Gasteiger partial charge is 0.378 e. The van der Waals surface area contributed by atoms with Crippen LogP contribution in [0.1, 0.15) is 66.7 Å². The van der Waals surface area contributed by atoms with Gasteiger partial charge >= 0.3 is 0 Å². The second-order valence-corrected chi connectivity index (χ2v) is 8.09. The monoisotopic (exact) mass is 292 g/mol. The van der Waals surface area contributed by atoms with Crippen molar-refractivity contribution in [2.75, 3.05) is 13.2 Å². The molecule has 4 unspecified atom stereocenters. The maximum Gasteiger partial charge on any atom is 0.106 e. The number of hydrogen-bond donors (Lipinski definition) is 1. The van der Waals surface area contributed by atoms with Crippen LogP contribution in [0, 0.1) is 28.1 Å². The molecule has 21 heavy (non-hydrogen) atoms. The summed E-state index contributed by atoms with van der Waals surface area (Å²) in [6.07, 6.45) is 6.04. The molecule has 0 aromatic carbocycles. The Balaban J connectivity index is 1.86. The zero-order valence-electron chi connectivity index (χ0n) is 14.5. The molecule has 2 aliphatic carbocycles. The number of nitrogens with zero attached hydrogens (tertiary/aromatic N) is 1. The van der Waals surface area contributed by atoms with Crippen LogP contribution in [-0.2, 0) is 4.74 Å². The first-order chi connectivity index (χ1) is 9.79. The lowest BCUT2D eigenvalue weighted by molar-refractivity contribution is -0.0502. The Morgan fingerprint density at radius 3 is 2.57 bits per heavy atom. The molecule has 2 bridgehead atoms. The van der Waals surface area contributed by atoms with E-state index in [-0.39, 0.29) is 0 Å². The molecule has 1 N–H and O–H groups in total. The van der Waals surface area contributed by atoms with Gasteiger partial charge in [-0.2, -0.15) is 5.26 Å². The minimum atomic E-state index is -0.454. The average Bonchev–Trinajstić information content (AvgIpc) is 2.78. The van der Waals surface area contributed by atoms with Crippen molar-refractivity contribution >= 4 is 0 Å². The van der Waals surface area contributed by atoms with Crippen LogP contribution in [-0.4, -0.2) is 24.8 Å². The van der Waals surface area contributed by atoms with E-state index < -0.39 is 5.54 Å². The highest BCUT2D eigenvalue weighted by Gasteiger charge is 2.61. The molecule has 0 aliphatic heterocycles. The van der Waals surface area contributed by atoms with Crippen molar-refractivity contribution in [1.82, 2.24) is 5.32 Å². The summed E-state index contributed by atoms with van der Waals surface area (Å²) in [6.45, 7) is 12.9. The van der Waals surface area contributed by atoms with E-state index in [4.69, 9.17) is 4.74 Å². The number of hydrogen-bond acceptors (Lipinski definition) is 3. The number of ether oxygens (including phenoxy) is 1. The Hall–Kier alpha value is -0.590. The van der Waals surface area contributed by atoms with Gasteiger partial charge in [-0.25, -0.2) is 0 Å². The lowest BCUT2D eigenvalue weighted by atomic mass is 9.70.